The predicted molar refractivity (Wildman–Crippen MR) is 86.3 cm³/mol. The number of benzene rings is 1. The van der Waals surface area contributed by atoms with Gasteiger partial charge in [-0.05, 0) is 44.9 Å². The monoisotopic (exact) mass is 346 g/mol. The number of ether oxygens (including phenoxy) is 2. The number of methoxy groups -OCH3 is 1. The van der Waals surface area contributed by atoms with Gasteiger partial charge in [-0.1, -0.05) is 29.3 Å². The lowest BCUT2D eigenvalue weighted by atomic mass is 9.94. The summed E-state index contributed by atoms with van der Waals surface area (Å²) < 4.78 is 10.0. The molecule has 0 aliphatic carbocycles. The van der Waals surface area contributed by atoms with E-state index in [4.69, 9.17) is 32.7 Å². The summed E-state index contributed by atoms with van der Waals surface area (Å²) in [7, 11) is 1.30. The van der Waals surface area contributed by atoms with Crippen LogP contribution >= 0.6 is 23.2 Å². The minimum absolute atomic E-state index is 0.0932. The summed E-state index contributed by atoms with van der Waals surface area (Å²) in [4.78, 5) is 23.8. The summed E-state index contributed by atoms with van der Waals surface area (Å²) in [5, 5.41) is 0.844. The Morgan fingerprint density at radius 1 is 1.23 bits per heavy atom. The van der Waals surface area contributed by atoms with Crippen LogP contribution in [0.3, 0.4) is 0 Å². The fraction of sp³-hybridized carbons (Fsp3) is 0.500. The largest absolute Gasteiger partial charge is 0.469 e. The molecule has 1 unspecified atom stereocenters. The Labute approximate surface area is 140 Å². The van der Waals surface area contributed by atoms with Crippen LogP contribution in [-0.4, -0.2) is 24.6 Å². The molecule has 122 valence electrons. The van der Waals surface area contributed by atoms with Gasteiger partial charge in [0.15, 0.2) is 0 Å². The summed E-state index contributed by atoms with van der Waals surface area (Å²) in [5.41, 5.74) is 0.0249. The van der Waals surface area contributed by atoms with E-state index >= 15 is 0 Å². The number of carbonyl (C=O) groups excluding carboxylic acids is 2. The van der Waals surface area contributed by atoms with Crippen LogP contribution in [0.15, 0.2) is 18.2 Å². The second-order valence-electron chi connectivity index (χ2n) is 5.87. The van der Waals surface area contributed by atoms with Gasteiger partial charge < -0.3 is 9.47 Å². The van der Waals surface area contributed by atoms with E-state index in [0.29, 0.717) is 15.6 Å². The smallest absolute Gasteiger partial charge is 0.313 e. The highest BCUT2D eigenvalue weighted by Gasteiger charge is 2.26. The molecule has 1 aromatic rings. The van der Waals surface area contributed by atoms with Crippen molar-refractivity contribution in [2.75, 3.05) is 7.11 Å². The first kappa shape index (κ1) is 18.8. The van der Waals surface area contributed by atoms with Gasteiger partial charge in [0.25, 0.3) is 0 Å². The maximum atomic E-state index is 12.0. The number of halogens is 2. The van der Waals surface area contributed by atoms with Crippen molar-refractivity contribution in [1.29, 1.82) is 0 Å². The molecule has 0 saturated heterocycles. The Balaban J connectivity index is 2.86. The molecule has 0 heterocycles. The fourth-order valence-electron chi connectivity index (χ4n) is 1.98. The topological polar surface area (TPSA) is 52.6 Å². The first-order valence-electron chi connectivity index (χ1n) is 6.88. The van der Waals surface area contributed by atoms with Crippen molar-refractivity contribution in [3.8, 4) is 0 Å². The molecule has 0 fully saturated rings. The molecule has 0 saturated carbocycles. The second kappa shape index (κ2) is 7.84. The lowest BCUT2D eigenvalue weighted by Gasteiger charge is -2.21. The third kappa shape index (κ3) is 5.85. The van der Waals surface area contributed by atoms with E-state index < -0.39 is 17.5 Å². The van der Waals surface area contributed by atoms with Gasteiger partial charge in [-0.15, -0.1) is 0 Å². The fourth-order valence-corrected chi connectivity index (χ4v) is 2.52. The molecule has 0 aromatic heterocycles. The first-order chi connectivity index (χ1) is 10.1. The van der Waals surface area contributed by atoms with Crippen LogP contribution in [0.1, 0.15) is 45.1 Å². The Morgan fingerprint density at radius 3 is 2.36 bits per heavy atom. The second-order valence-corrected chi connectivity index (χ2v) is 6.71. The zero-order valence-corrected chi connectivity index (χ0v) is 14.6. The number of hydrogen-bond acceptors (Lipinski definition) is 4. The lowest BCUT2D eigenvalue weighted by molar-refractivity contribution is -0.155. The molecular weight excluding hydrogens is 327 g/mol. The van der Waals surface area contributed by atoms with Gasteiger partial charge in [0.1, 0.15) is 5.60 Å². The van der Waals surface area contributed by atoms with E-state index in [9.17, 15) is 9.59 Å². The van der Waals surface area contributed by atoms with Gasteiger partial charge in [0, 0.05) is 16.5 Å². The molecule has 1 atom stereocenters. The highest BCUT2D eigenvalue weighted by molar-refractivity contribution is 6.35. The molecule has 0 bridgehead atoms. The van der Waals surface area contributed by atoms with E-state index in [-0.39, 0.29) is 18.8 Å². The zero-order chi connectivity index (χ0) is 16.9. The van der Waals surface area contributed by atoms with E-state index in [1.54, 1.807) is 39.0 Å². The van der Waals surface area contributed by atoms with E-state index in [1.165, 1.54) is 7.11 Å². The van der Waals surface area contributed by atoms with Crippen LogP contribution in [0.25, 0.3) is 0 Å². The van der Waals surface area contributed by atoms with Gasteiger partial charge in [-0.3, -0.25) is 9.59 Å². The molecule has 4 nitrogen and oxygen atoms in total. The van der Waals surface area contributed by atoms with Crippen LogP contribution in [-0.2, 0) is 19.1 Å². The predicted octanol–water partition coefficient (Wildman–Crippen LogP) is 4.37. The summed E-state index contributed by atoms with van der Waals surface area (Å²) >= 11 is 12.0. The highest BCUT2D eigenvalue weighted by Crippen LogP contribution is 2.31. The van der Waals surface area contributed by atoms with Crippen molar-refractivity contribution in [2.24, 2.45) is 0 Å². The average molecular weight is 347 g/mol. The van der Waals surface area contributed by atoms with Crippen molar-refractivity contribution in [2.45, 2.75) is 45.1 Å². The third-order valence-corrected chi connectivity index (χ3v) is 3.44. The zero-order valence-electron chi connectivity index (χ0n) is 13.1. The normalized spacial score (nSPS) is 12.6. The minimum atomic E-state index is -0.637. The van der Waals surface area contributed by atoms with E-state index in [0.717, 1.165) is 0 Å². The van der Waals surface area contributed by atoms with Gasteiger partial charge in [-0.2, -0.15) is 0 Å². The molecule has 1 aromatic carbocycles. The lowest BCUT2D eigenvalue weighted by Crippen LogP contribution is -2.24. The molecule has 6 heteroatoms. The molecule has 0 spiro atoms. The van der Waals surface area contributed by atoms with Crippen LogP contribution < -0.4 is 0 Å². The number of esters is 2. The standard InChI is InChI=1S/C16H20Cl2O4/c1-16(2,3)22-14(19)8-7-12(15(20)21-4)11-6-5-10(17)9-13(11)18/h5-6,9,12H,7-8H2,1-4H3. The maximum Gasteiger partial charge on any atom is 0.313 e. The summed E-state index contributed by atoms with van der Waals surface area (Å²) in [6.45, 7) is 5.37. The Bertz CT molecular complexity index is 550. The Hall–Kier alpha value is -1.26. The Kier molecular flexibility index (Phi) is 6.69. The van der Waals surface area contributed by atoms with Gasteiger partial charge in [0.2, 0.25) is 0 Å². The number of hydrogen-bond donors (Lipinski definition) is 0. The van der Waals surface area contributed by atoms with Gasteiger partial charge in [-0.25, -0.2) is 0 Å². The van der Waals surface area contributed by atoms with Crippen molar-refractivity contribution in [3.05, 3.63) is 33.8 Å². The number of carbonyl (C=O) groups is 2. The maximum absolute atomic E-state index is 12.0. The number of rotatable bonds is 5. The molecule has 0 radical (unpaired) electrons. The first-order valence-corrected chi connectivity index (χ1v) is 7.64. The van der Waals surface area contributed by atoms with Crippen LogP contribution in [0.2, 0.25) is 10.0 Å². The van der Waals surface area contributed by atoms with Crippen molar-refractivity contribution < 1.29 is 19.1 Å². The van der Waals surface area contributed by atoms with Crippen molar-refractivity contribution in [3.63, 3.8) is 0 Å². The SMILES string of the molecule is COC(=O)C(CCC(=O)OC(C)(C)C)c1ccc(Cl)cc1Cl. The van der Waals surface area contributed by atoms with Crippen LogP contribution in [0, 0.1) is 0 Å². The minimum Gasteiger partial charge on any atom is -0.469 e. The van der Waals surface area contributed by atoms with Gasteiger partial charge in [0.05, 0.1) is 13.0 Å². The average Bonchev–Trinajstić information content (AvgIpc) is 2.38. The quantitative estimate of drug-likeness (QED) is 0.742. The van der Waals surface area contributed by atoms with Crippen molar-refractivity contribution >= 4 is 35.1 Å². The van der Waals surface area contributed by atoms with E-state index in [2.05, 4.69) is 0 Å². The highest BCUT2D eigenvalue weighted by atomic mass is 35.5. The molecule has 0 aliphatic rings. The molecule has 0 N–H and O–H groups in total. The summed E-state index contributed by atoms with van der Waals surface area (Å²) in [5.74, 6) is -1.46. The Morgan fingerprint density at radius 2 is 1.86 bits per heavy atom. The molecular formula is C16H20Cl2O4. The third-order valence-electron chi connectivity index (χ3n) is 2.88. The molecule has 0 aliphatic heterocycles. The molecule has 22 heavy (non-hydrogen) atoms. The van der Waals surface area contributed by atoms with Crippen molar-refractivity contribution in [1.82, 2.24) is 0 Å². The summed E-state index contributed by atoms with van der Waals surface area (Å²) in [6, 6.07) is 4.87. The molecule has 0 amide bonds. The molecule has 1 rings (SSSR count). The van der Waals surface area contributed by atoms with Crippen LogP contribution in [0.5, 0.6) is 0 Å². The van der Waals surface area contributed by atoms with Crippen LogP contribution in [0.4, 0.5) is 0 Å². The summed E-state index contributed by atoms with van der Waals surface area (Å²) in [6.07, 6.45) is 0.346. The van der Waals surface area contributed by atoms with Gasteiger partial charge >= 0.3 is 11.9 Å². The van der Waals surface area contributed by atoms with E-state index in [1.807, 2.05) is 0 Å².